The third-order valence-corrected chi connectivity index (χ3v) is 4.51. The molecule has 142 valence electrons. The Morgan fingerprint density at radius 3 is 2.45 bits per heavy atom. The first-order chi connectivity index (χ1) is 14.1. The molecule has 0 bridgehead atoms. The summed E-state index contributed by atoms with van der Waals surface area (Å²) < 4.78 is 14.2. The number of halogens is 2. The van der Waals surface area contributed by atoms with Gasteiger partial charge in [0.05, 0.1) is 22.0 Å². The van der Waals surface area contributed by atoms with Crippen LogP contribution in [0.5, 0.6) is 0 Å². The van der Waals surface area contributed by atoms with E-state index in [2.05, 4.69) is 20.3 Å². The van der Waals surface area contributed by atoms with Gasteiger partial charge >= 0.3 is 0 Å². The van der Waals surface area contributed by atoms with E-state index in [-0.39, 0.29) is 16.3 Å². The molecule has 1 N–H and O–H groups in total. The Morgan fingerprint density at radius 1 is 0.931 bits per heavy atom. The number of amides is 1. The Hall–Kier alpha value is -3.64. The number of carbonyl (C=O) groups is 1. The molecule has 0 radical (unpaired) electrons. The number of carbonyl (C=O) groups excluding carboxylic acids is 1. The lowest BCUT2D eigenvalue weighted by atomic mass is 10.1. The molecular weight excluding hydrogens is 391 g/mol. The molecule has 0 aliphatic heterocycles. The zero-order chi connectivity index (χ0) is 20.2. The summed E-state index contributed by atoms with van der Waals surface area (Å²) in [6, 6.07) is 17.3. The van der Waals surface area contributed by atoms with Crippen LogP contribution < -0.4 is 5.32 Å². The van der Waals surface area contributed by atoms with E-state index in [1.807, 2.05) is 30.3 Å². The minimum Gasteiger partial charge on any atom is -0.319 e. The highest BCUT2D eigenvalue weighted by atomic mass is 35.5. The Labute approximate surface area is 171 Å². The molecule has 2 aromatic heterocycles. The molecule has 7 heteroatoms. The number of pyridine rings is 1. The monoisotopic (exact) mass is 404 g/mol. The van der Waals surface area contributed by atoms with Gasteiger partial charge in [0.1, 0.15) is 0 Å². The maximum absolute atomic E-state index is 14.2. The Balaban J connectivity index is 1.78. The van der Waals surface area contributed by atoms with E-state index in [0.29, 0.717) is 17.1 Å². The number of anilines is 1. The number of benzene rings is 2. The summed E-state index contributed by atoms with van der Waals surface area (Å²) in [6.45, 7) is 0. The van der Waals surface area contributed by atoms with E-state index >= 15 is 0 Å². The van der Waals surface area contributed by atoms with Crippen LogP contribution >= 0.6 is 11.6 Å². The summed E-state index contributed by atoms with van der Waals surface area (Å²) in [5.74, 6) is -0.768. The van der Waals surface area contributed by atoms with Crippen LogP contribution in [0.2, 0.25) is 5.02 Å². The van der Waals surface area contributed by atoms with Gasteiger partial charge in [0.25, 0.3) is 5.91 Å². The molecular formula is C22H14ClFN4O. The van der Waals surface area contributed by atoms with Crippen LogP contribution in [0.3, 0.4) is 0 Å². The van der Waals surface area contributed by atoms with Crippen molar-refractivity contribution in [2.45, 2.75) is 0 Å². The highest BCUT2D eigenvalue weighted by Crippen LogP contribution is 2.27. The van der Waals surface area contributed by atoms with E-state index in [1.165, 1.54) is 18.3 Å². The SMILES string of the molecule is O=C(Nc1cccc(Cl)c1F)c1cnc(-c2ccccc2)nc1-c1ccncc1. The number of rotatable bonds is 4. The fraction of sp³-hybridized carbons (Fsp3) is 0. The predicted octanol–water partition coefficient (Wildman–Crippen LogP) is 5.25. The zero-order valence-electron chi connectivity index (χ0n) is 15.0. The standard InChI is InChI=1S/C22H14ClFN4O/c23-17-7-4-8-18(19(17)24)27-22(29)16-13-26-21(15-5-2-1-3-6-15)28-20(16)14-9-11-25-12-10-14/h1-13H,(H,27,29). The molecule has 4 aromatic rings. The maximum atomic E-state index is 14.2. The van der Waals surface area contributed by atoms with Crippen molar-refractivity contribution in [1.82, 2.24) is 15.0 Å². The van der Waals surface area contributed by atoms with Crippen molar-refractivity contribution in [3.05, 3.63) is 95.7 Å². The highest BCUT2D eigenvalue weighted by Gasteiger charge is 2.19. The summed E-state index contributed by atoms with van der Waals surface area (Å²) in [5, 5.41) is 2.47. The van der Waals surface area contributed by atoms with Crippen LogP contribution in [-0.4, -0.2) is 20.9 Å². The van der Waals surface area contributed by atoms with Gasteiger partial charge in [-0.1, -0.05) is 48.0 Å². The smallest absolute Gasteiger partial charge is 0.259 e. The summed E-state index contributed by atoms with van der Waals surface area (Å²) in [4.78, 5) is 25.8. The van der Waals surface area contributed by atoms with Crippen LogP contribution in [0.1, 0.15) is 10.4 Å². The topological polar surface area (TPSA) is 67.8 Å². The first kappa shape index (κ1) is 18.7. The second kappa shape index (κ2) is 8.16. The molecule has 1 amide bonds. The summed E-state index contributed by atoms with van der Waals surface area (Å²) in [5.41, 5.74) is 2.11. The average Bonchev–Trinajstić information content (AvgIpc) is 2.77. The molecule has 0 spiro atoms. The number of hydrogen-bond acceptors (Lipinski definition) is 4. The second-order valence-electron chi connectivity index (χ2n) is 6.11. The average molecular weight is 405 g/mol. The van der Waals surface area contributed by atoms with Gasteiger partial charge in [-0.05, 0) is 24.3 Å². The summed E-state index contributed by atoms with van der Waals surface area (Å²) >= 11 is 5.80. The van der Waals surface area contributed by atoms with Crippen LogP contribution in [0.25, 0.3) is 22.6 Å². The summed E-state index contributed by atoms with van der Waals surface area (Å²) in [7, 11) is 0. The first-order valence-electron chi connectivity index (χ1n) is 8.71. The van der Waals surface area contributed by atoms with Crippen LogP contribution in [0.4, 0.5) is 10.1 Å². The van der Waals surface area contributed by atoms with E-state index in [0.717, 1.165) is 5.56 Å². The van der Waals surface area contributed by atoms with Gasteiger partial charge in [0.15, 0.2) is 11.6 Å². The molecule has 0 aliphatic rings. The lowest BCUT2D eigenvalue weighted by Gasteiger charge is -2.12. The zero-order valence-corrected chi connectivity index (χ0v) is 15.8. The first-order valence-corrected chi connectivity index (χ1v) is 9.09. The minimum absolute atomic E-state index is 0.0182. The van der Waals surface area contributed by atoms with Gasteiger partial charge in [-0.25, -0.2) is 14.4 Å². The van der Waals surface area contributed by atoms with Crippen LogP contribution in [0, 0.1) is 5.82 Å². The molecule has 0 saturated heterocycles. The van der Waals surface area contributed by atoms with E-state index < -0.39 is 11.7 Å². The van der Waals surface area contributed by atoms with Crippen molar-refractivity contribution in [1.29, 1.82) is 0 Å². The summed E-state index contributed by atoms with van der Waals surface area (Å²) in [6.07, 6.45) is 4.65. The Kier molecular flexibility index (Phi) is 5.27. The lowest BCUT2D eigenvalue weighted by Crippen LogP contribution is -2.16. The third kappa shape index (κ3) is 3.97. The normalized spacial score (nSPS) is 10.6. The number of hydrogen-bond donors (Lipinski definition) is 1. The third-order valence-electron chi connectivity index (χ3n) is 4.22. The fourth-order valence-corrected chi connectivity index (χ4v) is 2.97. The van der Waals surface area contributed by atoms with Crippen molar-refractivity contribution >= 4 is 23.2 Å². The van der Waals surface area contributed by atoms with E-state index in [9.17, 15) is 9.18 Å². The molecule has 0 atom stereocenters. The number of nitrogens with one attached hydrogen (secondary N) is 1. The van der Waals surface area contributed by atoms with E-state index in [1.54, 1.807) is 30.6 Å². The van der Waals surface area contributed by atoms with Crippen LogP contribution in [-0.2, 0) is 0 Å². The molecule has 5 nitrogen and oxygen atoms in total. The molecule has 0 unspecified atom stereocenters. The van der Waals surface area contributed by atoms with Crippen molar-refractivity contribution in [2.24, 2.45) is 0 Å². The van der Waals surface area contributed by atoms with Gasteiger partial charge in [-0.2, -0.15) is 0 Å². The Bertz CT molecular complexity index is 1170. The number of aromatic nitrogens is 3. The van der Waals surface area contributed by atoms with Gasteiger partial charge < -0.3 is 5.32 Å². The predicted molar refractivity (Wildman–Crippen MR) is 110 cm³/mol. The maximum Gasteiger partial charge on any atom is 0.259 e. The van der Waals surface area contributed by atoms with E-state index in [4.69, 9.17) is 11.6 Å². The lowest BCUT2D eigenvalue weighted by molar-refractivity contribution is 0.102. The highest BCUT2D eigenvalue weighted by molar-refractivity contribution is 6.31. The molecule has 29 heavy (non-hydrogen) atoms. The largest absolute Gasteiger partial charge is 0.319 e. The van der Waals surface area contributed by atoms with Gasteiger partial charge in [0.2, 0.25) is 0 Å². The van der Waals surface area contributed by atoms with Gasteiger partial charge in [-0.15, -0.1) is 0 Å². The molecule has 0 fully saturated rings. The van der Waals surface area contributed by atoms with Crippen LogP contribution in [0.15, 0.2) is 79.3 Å². The van der Waals surface area contributed by atoms with Gasteiger partial charge in [0, 0.05) is 29.7 Å². The molecule has 2 aromatic carbocycles. The second-order valence-corrected chi connectivity index (χ2v) is 6.52. The molecule has 2 heterocycles. The molecule has 0 saturated carbocycles. The minimum atomic E-state index is -0.699. The van der Waals surface area contributed by atoms with Gasteiger partial charge in [-0.3, -0.25) is 9.78 Å². The van der Waals surface area contributed by atoms with Crippen molar-refractivity contribution in [2.75, 3.05) is 5.32 Å². The fourth-order valence-electron chi connectivity index (χ4n) is 2.79. The van der Waals surface area contributed by atoms with Crippen molar-refractivity contribution in [3.8, 4) is 22.6 Å². The van der Waals surface area contributed by atoms with Crippen molar-refractivity contribution < 1.29 is 9.18 Å². The van der Waals surface area contributed by atoms with Crippen molar-refractivity contribution in [3.63, 3.8) is 0 Å². The molecule has 0 aliphatic carbocycles. The number of nitrogens with zero attached hydrogens (tertiary/aromatic N) is 3. The quantitative estimate of drug-likeness (QED) is 0.504. The Morgan fingerprint density at radius 2 is 1.69 bits per heavy atom. The molecule has 4 rings (SSSR count).